The molecule has 23 heavy (non-hydrogen) atoms. The van der Waals surface area contributed by atoms with Gasteiger partial charge in [-0.25, -0.2) is 0 Å². The van der Waals surface area contributed by atoms with Crippen molar-refractivity contribution < 1.29 is 13.2 Å². The Morgan fingerprint density at radius 2 is 1.83 bits per heavy atom. The molecule has 1 aliphatic heterocycles. The van der Waals surface area contributed by atoms with Gasteiger partial charge in [-0.1, -0.05) is 25.1 Å². The van der Waals surface area contributed by atoms with E-state index >= 15 is 0 Å². The zero-order valence-electron chi connectivity index (χ0n) is 12.7. The Balaban J connectivity index is 2.10. The summed E-state index contributed by atoms with van der Waals surface area (Å²) in [5.74, 6) is 0. The maximum Gasteiger partial charge on any atom is 0.416 e. The largest absolute Gasteiger partial charge is 0.416 e. The van der Waals surface area contributed by atoms with Crippen LogP contribution in [0.15, 0.2) is 46.2 Å². The van der Waals surface area contributed by atoms with E-state index < -0.39 is 11.7 Å². The van der Waals surface area contributed by atoms with Crippen LogP contribution in [0.3, 0.4) is 0 Å². The molecule has 2 N–H and O–H groups in total. The summed E-state index contributed by atoms with van der Waals surface area (Å²) in [4.78, 5) is 3.78. The molecule has 0 aliphatic carbocycles. The first kappa shape index (κ1) is 16.1. The van der Waals surface area contributed by atoms with Gasteiger partial charge in [-0.3, -0.25) is 0 Å². The smallest absolute Gasteiger partial charge is 0.399 e. The third kappa shape index (κ3) is 3.13. The van der Waals surface area contributed by atoms with Crippen molar-refractivity contribution in [1.82, 2.24) is 0 Å². The number of rotatable bonds is 3. The van der Waals surface area contributed by atoms with Gasteiger partial charge in [0.05, 0.1) is 16.9 Å². The molecule has 0 fully saturated rings. The fraction of sp³-hybridized carbons (Fsp3) is 0.294. The normalized spacial score (nSPS) is 13.7. The summed E-state index contributed by atoms with van der Waals surface area (Å²) in [6.45, 7) is 2.75. The highest BCUT2D eigenvalue weighted by atomic mass is 32.2. The molecule has 122 valence electrons. The first-order chi connectivity index (χ1) is 10.9. The Bertz CT molecular complexity index is 728. The molecule has 2 aromatic rings. The van der Waals surface area contributed by atoms with Crippen molar-refractivity contribution in [3.8, 4) is 0 Å². The van der Waals surface area contributed by atoms with E-state index in [0.717, 1.165) is 34.4 Å². The van der Waals surface area contributed by atoms with Crippen molar-refractivity contribution in [2.24, 2.45) is 0 Å². The maximum atomic E-state index is 13.0. The molecule has 0 radical (unpaired) electrons. The number of nitrogens with two attached hydrogens (primary N) is 1. The highest BCUT2D eigenvalue weighted by Crippen LogP contribution is 2.50. The van der Waals surface area contributed by atoms with E-state index in [1.165, 1.54) is 17.8 Å². The number of anilines is 3. The van der Waals surface area contributed by atoms with Gasteiger partial charge in [0, 0.05) is 22.0 Å². The number of halogens is 3. The van der Waals surface area contributed by atoms with Gasteiger partial charge in [-0.2, -0.15) is 13.2 Å². The third-order valence-corrected chi connectivity index (χ3v) is 4.92. The molecule has 0 saturated heterocycles. The third-order valence-electron chi connectivity index (χ3n) is 3.81. The zero-order valence-corrected chi connectivity index (χ0v) is 13.5. The predicted molar refractivity (Wildman–Crippen MR) is 88.3 cm³/mol. The average Bonchev–Trinajstić information content (AvgIpc) is 2.49. The summed E-state index contributed by atoms with van der Waals surface area (Å²) in [6, 6.07) is 9.49. The maximum absolute atomic E-state index is 13.0. The Hall–Kier alpha value is -1.82. The van der Waals surface area contributed by atoms with Crippen molar-refractivity contribution in [3.05, 3.63) is 42.0 Å². The Labute approximate surface area is 137 Å². The van der Waals surface area contributed by atoms with E-state index in [0.29, 0.717) is 17.9 Å². The summed E-state index contributed by atoms with van der Waals surface area (Å²) >= 11 is 1.46. The van der Waals surface area contributed by atoms with Crippen LogP contribution in [0.2, 0.25) is 0 Å². The minimum atomic E-state index is -4.34. The number of fused-ring (bicyclic) bond motifs is 2. The van der Waals surface area contributed by atoms with Gasteiger partial charge in [0.15, 0.2) is 0 Å². The number of unbranched alkanes of at least 4 members (excludes halogenated alkanes) is 1. The van der Waals surface area contributed by atoms with Crippen LogP contribution in [-0.4, -0.2) is 6.54 Å². The summed E-state index contributed by atoms with van der Waals surface area (Å²) < 4.78 is 39.1. The number of nitrogen functional groups attached to an aromatic ring is 1. The molecule has 1 heterocycles. The van der Waals surface area contributed by atoms with Gasteiger partial charge in [0.1, 0.15) is 0 Å². The van der Waals surface area contributed by atoms with Crippen molar-refractivity contribution in [2.75, 3.05) is 17.2 Å². The molecular weight excluding hydrogens is 321 g/mol. The summed E-state index contributed by atoms with van der Waals surface area (Å²) in [5, 5.41) is 0. The van der Waals surface area contributed by atoms with Crippen LogP contribution < -0.4 is 10.6 Å². The molecule has 3 rings (SSSR count). The Kier molecular flexibility index (Phi) is 4.19. The van der Waals surface area contributed by atoms with E-state index in [1.807, 2.05) is 17.0 Å². The molecule has 0 amide bonds. The minimum Gasteiger partial charge on any atom is -0.399 e. The molecule has 2 aromatic carbocycles. The molecule has 0 aromatic heterocycles. The lowest BCUT2D eigenvalue weighted by atomic mass is 10.1. The highest BCUT2D eigenvalue weighted by Gasteiger charge is 2.33. The molecule has 0 saturated carbocycles. The second kappa shape index (κ2) is 6.00. The van der Waals surface area contributed by atoms with Crippen LogP contribution >= 0.6 is 11.8 Å². The first-order valence-corrected chi connectivity index (χ1v) is 8.28. The molecule has 2 nitrogen and oxygen atoms in total. The Morgan fingerprint density at radius 1 is 1.04 bits per heavy atom. The van der Waals surface area contributed by atoms with Crippen LogP contribution in [0, 0.1) is 0 Å². The van der Waals surface area contributed by atoms with E-state index in [9.17, 15) is 13.2 Å². The van der Waals surface area contributed by atoms with E-state index in [2.05, 4.69) is 6.92 Å². The monoisotopic (exact) mass is 338 g/mol. The fourth-order valence-corrected chi connectivity index (χ4v) is 3.76. The molecule has 0 unspecified atom stereocenters. The van der Waals surface area contributed by atoms with Crippen LogP contribution in [0.4, 0.5) is 30.2 Å². The van der Waals surface area contributed by atoms with Crippen molar-refractivity contribution in [2.45, 2.75) is 35.7 Å². The highest BCUT2D eigenvalue weighted by molar-refractivity contribution is 7.99. The quantitative estimate of drug-likeness (QED) is 0.729. The van der Waals surface area contributed by atoms with E-state index in [4.69, 9.17) is 5.73 Å². The molecule has 0 atom stereocenters. The number of hydrogen-bond acceptors (Lipinski definition) is 3. The van der Waals surface area contributed by atoms with Gasteiger partial charge in [-0.15, -0.1) is 0 Å². The molecule has 6 heteroatoms. The summed E-state index contributed by atoms with van der Waals surface area (Å²) in [7, 11) is 0. The molecule has 0 bridgehead atoms. The molecular formula is C17H17F3N2S. The van der Waals surface area contributed by atoms with Gasteiger partial charge in [0.2, 0.25) is 0 Å². The summed E-state index contributed by atoms with van der Waals surface area (Å²) in [5.41, 5.74) is 7.43. The topological polar surface area (TPSA) is 29.3 Å². The Morgan fingerprint density at radius 3 is 2.52 bits per heavy atom. The number of alkyl halides is 3. The second-order valence-corrected chi connectivity index (χ2v) is 6.60. The van der Waals surface area contributed by atoms with Crippen molar-refractivity contribution in [3.63, 3.8) is 0 Å². The number of hydrogen-bond donors (Lipinski definition) is 1. The van der Waals surface area contributed by atoms with E-state index in [-0.39, 0.29) is 0 Å². The van der Waals surface area contributed by atoms with Crippen LogP contribution in [0.1, 0.15) is 25.3 Å². The number of benzene rings is 2. The van der Waals surface area contributed by atoms with Crippen LogP contribution in [0.5, 0.6) is 0 Å². The van der Waals surface area contributed by atoms with Gasteiger partial charge < -0.3 is 10.6 Å². The SMILES string of the molecule is CCCCN1c2ccc(N)cc2Sc2ccc(C(F)(F)F)cc21. The lowest BCUT2D eigenvalue weighted by Crippen LogP contribution is -2.22. The first-order valence-electron chi connectivity index (χ1n) is 7.46. The summed E-state index contributed by atoms with van der Waals surface area (Å²) in [6.07, 6.45) is -2.45. The minimum absolute atomic E-state index is 0.614. The zero-order chi connectivity index (χ0) is 16.6. The predicted octanol–water partition coefficient (Wildman–Crippen LogP) is 5.69. The van der Waals surface area contributed by atoms with Gasteiger partial charge >= 0.3 is 6.18 Å². The standard InChI is InChI=1S/C17H17F3N2S/c1-2-3-8-22-13-6-5-12(21)10-16(13)23-15-7-4-11(9-14(15)22)17(18,19)20/h4-7,9-10H,2-3,8,21H2,1H3. The van der Waals surface area contributed by atoms with Gasteiger partial charge in [0.25, 0.3) is 0 Å². The van der Waals surface area contributed by atoms with Crippen LogP contribution in [0.25, 0.3) is 0 Å². The van der Waals surface area contributed by atoms with Crippen molar-refractivity contribution in [1.29, 1.82) is 0 Å². The van der Waals surface area contributed by atoms with E-state index in [1.54, 1.807) is 12.1 Å². The molecule has 1 aliphatic rings. The fourth-order valence-electron chi connectivity index (χ4n) is 2.63. The number of nitrogens with zero attached hydrogens (tertiary/aromatic N) is 1. The lowest BCUT2D eigenvalue weighted by molar-refractivity contribution is -0.137. The van der Waals surface area contributed by atoms with Crippen LogP contribution in [-0.2, 0) is 6.18 Å². The molecule has 0 spiro atoms. The second-order valence-electron chi connectivity index (χ2n) is 5.51. The average molecular weight is 338 g/mol. The lowest BCUT2D eigenvalue weighted by Gasteiger charge is -2.33. The van der Waals surface area contributed by atoms with Gasteiger partial charge in [-0.05, 0) is 42.8 Å². The van der Waals surface area contributed by atoms with Crippen molar-refractivity contribution >= 4 is 28.8 Å².